The summed E-state index contributed by atoms with van der Waals surface area (Å²) in [6.45, 7) is 2.12. The maximum atomic E-state index is 5.39. The van der Waals surface area contributed by atoms with E-state index in [4.69, 9.17) is 19.9 Å². The number of rotatable bonds is 8. The van der Waals surface area contributed by atoms with Gasteiger partial charge in [-0.2, -0.15) is 0 Å². The molecule has 0 saturated heterocycles. The van der Waals surface area contributed by atoms with Crippen molar-refractivity contribution in [2.45, 2.75) is 6.92 Å². The van der Waals surface area contributed by atoms with Crippen molar-refractivity contribution in [3.8, 4) is 84.6 Å². The second-order valence-electron chi connectivity index (χ2n) is 15.6. The Hall–Kier alpha value is -8.28. The van der Waals surface area contributed by atoms with Crippen molar-refractivity contribution in [2.75, 3.05) is 0 Å². The molecule has 5 heteroatoms. The second kappa shape index (κ2) is 15.7. The molecule has 5 nitrogen and oxygen atoms in total. The summed E-state index contributed by atoms with van der Waals surface area (Å²) in [4.78, 5) is 21.3. The molecule has 0 amide bonds. The van der Waals surface area contributed by atoms with Gasteiger partial charge in [0.1, 0.15) is 0 Å². The molecule has 0 fully saturated rings. The van der Waals surface area contributed by atoms with Crippen LogP contribution in [-0.4, -0.2) is 24.5 Å². The quantitative estimate of drug-likeness (QED) is 0.154. The molecular formula is C57H39N5. The fourth-order valence-corrected chi connectivity index (χ4v) is 8.38. The number of aromatic nitrogens is 5. The number of para-hydroxylation sites is 1. The summed E-state index contributed by atoms with van der Waals surface area (Å²) < 4.78 is 2.36. The van der Waals surface area contributed by atoms with E-state index < -0.39 is 0 Å². The Morgan fingerprint density at radius 3 is 1.27 bits per heavy atom. The second-order valence-corrected chi connectivity index (χ2v) is 15.6. The normalized spacial score (nSPS) is 11.3. The average Bonchev–Trinajstić information content (AvgIpc) is 3.68. The molecule has 0 spiro atoms. The van der Waals surface area contributed by atoms with E-state index in [9.17, 15) is 0 Å². The van der Waals surface area contributed by atoms with Gasteiger partial charge in [0.2, 0.25) is 0 Å². The summed E-state index contributed by atoms with van der Waals surface area (Å²) in [5, 5.41) is 2.34. The molecule has 0 N–H and O–H groups in total. The van der Waals surface area contributed by atoms with E-state index in [1.165, 1.54) is 27.5 Å². The van der Waals surface area contributed by atoms with Gasteiger partial charge in [-0.15, -0.1) is 0 Å². The van der Waals surface area contributed by atoms with E-state index >= 15 is 0 Å². The van der Waals surface area contributed by atoms with Crippen LogP contribution in [0.4, 0.5) is 0 Å². The predicted octanol–water partition coefficient (Wildman–Crippen LogP) is 14.3. The maximum absolute atomic E-state index is 5.39. The van der Waals surface area contributed by atoms with Crippen LogP contribution in [0.15, 0.2) is 218 Å². The molecule has 3 aromatic heterocycles. The van der Waals surface area contributed by atoms with Crippen LogP contribution in [0.2, 0.25) is 0 Å². The van der Waals surface area contributed by atoms with Gasteiger partial charge >= 0.3 is 0 Å². The van der Waals surface area contributed by atoms with Crippen molar-refractivity contribution in [3.05, 3.63) is 224 Å². The molecule has 11 aromatic rings. The van der Waals surface area contributed by atoms with Crippen LogP contribution in [0.3, 0.4) is 0 Å². The lowest BCUT2D eigenvalue weighted by Crippen LogP contribution is -2.03. The van der Waals surface area contributed by atoms with E-state index in [2.05, 4.69) is 181 Å². The minimum Gasteiger partial charge on any atom is -0.309 e. The Bertz CT molecular complexity index is 3260. The maximum Gasteiger partial charge on any atom is 0.162 e. The van der Waals surface area contributed by atoms with Crippen molar-refractivity contribution in [1.29, 1.82) is 0 Å². The Kier molecular flexibility index (Phi) is 9.32. The zero-order valence-electron chi connectivity index (χ0n) is 34.0. The van der Waals surface area contributed by atoms with Crippen LogP contribution in [0.1, 0.15) is 5.56 Å². The molecule has 0 unspecified atom stereocenters. The average molecular weight is 794 g/mol. The minimum absolute atomic E-state index is 0.603. The van der Waals surface area contributed by atoms with Crippen LogP contribution in [0.25, 0.3) is 106 Å². The van der Waals surface area contributed by atoms with Crippen LogP contribution >= 0.6 is 0 Å². The summed E-state index contributed by atoms with van der Waals surface area (Å²) in [5.41, 5.74) is 15.9. The first-order valence-electron chi connectivity index (χ1n) is 20.9. The summed E-state index contributed by atoms with van der Waals surface area (Å²) >= 11 is 0. The predicted molar refractivity (Wildman–Crippen MR) is 255 cm³/mol. The highest BCUT2D eigenvalue weighted by molar-refractivity contribution is 6.11. The summed E-state index contributed by atoms with van der Waals surface area (Å²) in [5.74, 6) is 1.22. The van der Waals surface area contributed by atoms with Gasteiger partial charge in [0, 0.05) is 44.2 Å². The van der Waals surface area contributed by atoms with Gasteiger partial charge in [-0.3, -0.25) is 0 Å². The molecule has 11 rings (SSSR count). The van der Waals surface area contributed by atoms with Gasteiger partial charge in [0.25, 0.3) is 0 Å². The fourth-order valence-electron chi connectivity index (χ4n) is 8.38. The lowest BCUT2D eigenvalue weighted by atomic mass is 10.0. The molecule has 0 aliphatic rings. The van der Waals surface area contributed by atoms with Crippen molar-refractivity contribution >= 4 is 21.8 Å². The van der Waals surface area contributed by atoms with Gasteiger partial charge in [0.05, 0.1) is 39.5 Å². The zero-order valence-corrected chi connectivity index (χ0v) is 34.0. The van der Waals surface area contributed by atoms with Gasteiger partial charge in [0.15, 0.2) is 11.6 Å². The Morgan fingerprint density at radius 1 is 0.306 bits per heavy atom. The Morgan fingerprint density at radius 2 is 0.742 bits per heavy atom. The monoisotopic (exact) mass is 793 g/mol. The van der Waals surface area contributed by atoms with Crippen molar-refractivity contribution in [2.24, 2.45) is 0 Å². The number of benzene rings is 8. The highest BCUT2D eigenvalue weighted by Gasteiger charge is 2.21. The van der Waals surface area contributed by atoms with Crippen LogP contribution in [0.5, 0.6) is 0 Å². The minimum atomic E-state index is 0.603. The fraction of sp³-hybridized carbons (Fsp3) is 0.0175. The van der Waals surface area contributed by atoms with Gasteiger partial charge in [-0.05, 0) is 66.6 Å². The third kappa shape index (κ3) is 6.91. The van der Waals surface area contributed by atoms with Crippen molar-refractivity contribution in [3.63, 3.8) is 0 Å². The lowest BCUT2D eigenvalue weighted by Gasteiger charge is -2.17. The molecule has 0 bridgehead atoms. The van der Waals surface area contributed by atoms with Gasteiger partial charge in [-0.25, -0.2) is 19.9 Å². The van der Waals surface area contributed by atoms with E-state index in [0.717, 1.165) is 72.9 Å². The van der Waals surface area contributed by atoms with Crippen LogP contribution in [0, 0.1) is 6.92 Å². The molecule has 62 heavy (non-hydrogen) atoms. The first-order chi connectivity index (χ1) is 30.6. The highest BCUT2D eigenvalue weighted by Crippen LogP contribution is 2.40. The van der Waals surface area contributed by atoms with E-state index in [1.54, 1.807) is 0 Å². The topological polar surface area (TPSA) is 56.5 Å². The molecule has 8 aromatic carbocycles. The smallest absolute Gasteiger partial charge is 0.162 e. The van der Waals surface area contributed by atoms with E-state index in [0.29, 0.717) is 11.6 Å². The molecule has 0 atom stereocenters. The molecule has 3 heterocycles. The standard InChI is InChI=1S/C57H39N5/c1-38-26-28-39(29-27-38)44-30-32-54-47(34-44)46-24-14-15-25-53(46)62(54)55-33-31-45(56-58-49(40-16-6-2-7-17-40)36-50(59-56)41-18-8-3-9-19-41)35-48(55)57-60-51(42-20-10-4-11-21-42)37-52(61-57)43-22-12-5-13-23-43/h2-37H,1H3. The lowest BCUT2D eigenvalue weighted by molar-refractivity contribution is 1.13. The summed E-state index contributed by atoms with van der Waals surface area (Å²) in [6, 6.07) is 76.1. The number of hydrogen-bond donors (Lipinski definition) is 0. The van der Waals surface area contributed by atoms with E-state index in [-0.39, 0.29) is 0 Å². The number of aryl methyl sites for hydroxylation is 1. The molecule has 0 radical (unpaired) electrons. The van der Waals surface area contributed by atoms with Crippen molar-refractivity contribution < 1.29 is 0 Å². The zero-order chi connectivity index (χ0) is 41.4. The van der Waals surface area contributed by atoms with Crippen molar-refractivity contribution in [1.82, 2.24) is 24.5 Å². The van der Waals surface area contributed by atoms with Crippen LogP contribution in [-0.2, 0) is 0 Å². The largest absolute Gasteiger partial charge is 0.309 e. The molecule has 292 valence electrons. The van der Waals surface area contributed by atoms with Gasteiger partial charge in [-0.1, -0.05) is 175 Å². The molecule has 0 aliphatic carbocycles. The number of nitrogens with zero attached hydrogens (tertiary/aromatic N) is 5. The van der Waals surface area contributed by atoms with Crippen LogP contribution < -0.4 is 0 Å². The van der Waals surface area contributed by atoms with Gasteiger partial charge < -0.3 is 4.57 Å². The first-order valence-corrected chi connectivity index (χ1v) is 20.9. The summed E-state index contributed by atoms with van der Waals surface area (Å²) in [6.07, 6.45) is 0. The molecule has 0 aliphatic heterocycles. The Labute approximate surface area is 360 Å². The number of fused-ring (bicyclic) bond motifs is 3. The molecule has 0 saturated carbocycles. The highest BCUT2D eigenvalue weighted by atomic mass is 15.0. The Balaban J connectivity index is 1.19. The molecular weight excluding hydrogens is 755 g/mol. The van der Waals surface area contributed by atoms with E-state index in [1.807, 2.05) is 48.5 Å². The third-order valence-electron chi connectivity index (χ3n) is 11.5. The number of hydrogen-bond acceptors (Lipinski definition) is 4. The third-order valence-corrected chi connectivity index (χ3v) is 11.5. The summed E-state index contributed by atoms with van der Waals surface area (Å²) in [7, 11) is 0. The first kappa shape index (κ1) is 36.8. The SMILES string of the molecule is Cc1ccc(-c2ccc3c(c2)c2ccccc2n3-c2ccc(-c3nc(-c4ccccc4)cc(-c4ccccc4)n3)cc2-c2nc(-c3ccccc3)cc(-c3ccccc3)n2)cc1.